The van der Waals surface area contributed by atoms with Crippen molar-refractivity contribution in [2.45, 2.75) is 148 Å². The summed E-state index contributed by atoms with van der Waals surface area (Å²) in [7, 11) is 0. The van der Waals surface area contributed by atoms with E-state index in [0.717, 1.165) is 77.2 Å². The Morgan fingerprint density at radius 1 is 0.875 bits per heavy atom. The Bertz CT molecular complexity index is 1750. The minimum absolute atomic E-state index is 0.0852. The highest BCUT2D eigenvalue weighted by Gasteiger charge is 2.67. The lowest BCUT2D eigenvalue weighted by Gasteiger charge is -2.63. The molecular weight excluding hydrogens is 730 g/mol. The molecule has 0 unspecified atom stereocenters. The van der Waals surface area contributed by atoms with Crippen LogP contribution in [0.5, 0.6) is 0 Å². The van der Waals surface area contributed by atoms with Crippen molar-refractivity contribution >= 4 is 29.8 Å². The summed E-state index contributed by atoms with van der Waals surface area (Å²) in [5.74, 6) is -1.79. The monoisotopic (exact) mass is 785 g/mol. The third kappa shape index (κ3) is 7.36. The Labute approximate surface area is 326 Å². The van der Waals surface area contributed by atoms with E-state index in [9.17, 15) is 29.1 Å². The molecule has 4 aliphatic carbocycles. The normalized spacial score (nSPS) is 40.3. The van der Waals surface area contributed by atoms with Gasteiger partial charge in [0.05, 0.1) is 24.4 Å². The minimum Gasteiger partial charge on any atom is -0.463 e. The average molecular weight is 786 g/mol. The van der Waals surface area contributed by atoms with Crippen LogP contribution in [0.3, 0.4) is 0 Å². The van der Waals surface area contributed by atoms with E-state index in [1.54, 1.807) is 6.08 Å². The summed E-state index contributed by atoms with van der Waals surface area (Å²) in [6, 6.07) is 0.121. The Morgan fingerprint density at radius 2 is 1.59 bits per heavy atom. The van der Waals surface area contributed by atoms with E-state index in [1.807, 2.05) is 10.9 Å². The fraction of sp³-hybridized carbons (Fsp3) is 0.775. The smallest absolute Gasteiger partial charge is 0.331 e. The molecule has 1 N–H and O–H groups in total. The van der Waals surface area contributed by atoms with Crippen LogP contribution >= 0.6 is 0 Å². The standard InChI is InChI=1S/C40H55N3O13/c1-21(44)50-20-32-34(53-22(2)45)35(54-23(3)46)36(55-24(4)47)37(56-32)52-19-27-17-43(42-41-27)28-9-12-38(5)26(16-28)7-8-31-30(38)10-13-39(6)29(11-14-40(31,39)49)25-15-33(48)51-18-25/h15,17,26,28-32,34-37,49H,7-14,16,18-20H2,1-6H3/t26-,28+,29-,30+,31-,32-,34-,35+,36+,37+,38+,39-,40+/m1/s1. The van der Waals surface area contributed by atoms with E-state index < -0.39 is 60.2 Å². The molecule has 0 amide bonds. The van der Waals surface area contributed by atoms with Crippen molar-refractivity contribution in [3.05, 3.63) is 23.5 Å². The highest BCUT2D eigenvalue weighted by molar-refractivity contribution is 5.85. The molecule has 13 atom stereocenters. The van der Waals surface area contributed by atoms with Gasteiger partial charge >= 0.3 is 29.8 Å². The number of rotatable bonds is 10. The third-order valence-electron chi connectivity index (χ3n) is 14.2. The fourth-order valence-electron chi connectivity index (χ4n) is 11.7. The van der Waals surface area contributed by atoms with Crippen molar-refractivity contribution < 1.29 is 62.2 Å². The number of ether oxygens (including phenoxy) is 7. The van der Waals surface area contributed by atoms with E-state index in [2.05, 4.69) is 24.2 Å². The number of aliphatic hydroxyl groups is 1. The quantitative estimate of drug-likeness (QED) is 0.266. The predicted molar refractivity (Wildman–Crippen MR) is 192 cm³/mol. The van der Waals surface area contributed by atoms with Gasteiger partial charge in [0.1, 0.15) is 25.0 Å². The molecule has 1 aromatic heterocycles. The first-order chi connectivity index (χ1) is 26.5. The molecular formula is C40H55N3O13. The van der Waals surface area contributed by atoms with Gasteiger partial charge in [-0.2, -0.15) is 0 Å². The number of hydrogen-bond donors (Lipinski definition) is 1. The van der Waals surface area contributed by atoms with E-state index in [0.29, 0.717) is 24.1 Å². The van der Waals surface area contributed by atoms with Gasteiger partial charge < -0.3 is 38.3 Å². The molecule has 4 saturated carbocycles. The van der Waals surface area contributed by atoms with Crippen LogP contribution in [0.1, 0.15) is 111 Å². The van der Waals surface area contributed by atoms with Gasteiger partial charge in [0.25, 0.3) is 0 Å². The number of cyclic esters (lactones) is 1. The molecule has 5 fully saturated rings. The molecule has 0 radical (unpaired) electrons. The van der Waals surface area contributed by atoms with Crippen LogP contribution in [-0.4, -0.2) is 99.5 Å². The second-order valence-electron chi connectivity index (χ2n) is 17.3. The topological polar surface area (TPSA) is 201 Å². The van der Waals surface area contributed by atoms with Gasteiger partial charge in [-0.3, -0.25) is 19.2 Å². The van der Waals surface area contributed by atoms with Crippen molar-refractivity contribution in [2.24, 2.45) is 34.5 Å². The predicted octanol–water partition coefficient (Wildman–Crippen LogP) is 3.68. The lowest BCUT2D eigenvalue weighted by atomic mass is 9.43. The fourth-order valence-corrected chi connectivity index (χ4v) is 11.7. The molecule has 2 aliphatic heterocycles. The van der Waals surface area contributed by atoms with Crippen LogP contribution in [0.25, 0.3) is 0 Å². The maximum atomic E-state index is 12.6. The molecule has 1 saturated heterocycles. The van der Waals surface area contributed by atoms with E-state index in [1.165, 1.54) is 13.8 Å². The number of aromatic nitrogens is 3. The zero-order valence-corrected chi connectivity index (χ0v) is 33.1. The third-order valence-corrected chi connectivity index (χ3v) is 14.2. The van der Waals surface area contributed by atoms with E-state index >= 15 is 0 Å². The van der Waals surface area contributed by atoms with Crippen LogP contribution < -0.4 is 0 Å². The summed E-state index contributed by atoms with van der Waals surface area (Å²) in [5, 5.41) is 21.5. The lowest BCUT2D eigenvalue weighted by Crippen LogP contribution is -2.62. The molecule has 16 nitrogen and oxygen atoms in total. The van der Waals surface area contributed by atoms with E-state index in [4.69, 9.17) is 33.2 Å². The van der Waals surface area contributed by atoms with Crippen LogP contribution in [0.15, 0.2) is 17.8 Å². The maximum absolute atomic E-state index is 12.6. The first-order valence-electron chi connectivity index (χ1n) is 19.9. The highest BCUT2D eigenvalue weighted by atomic mass is 16.7. The van der Waals surface area contributed by atoms with Gasteiger partial charge in [-0.1, -0.05) is 19.1 Å². The van der Waals surface area contributed by atoms with Crippen LogP contribution in [0, 0.1) is 34.5 Å². The van der Waals surface area contributed by atoms with Crippen LogP contribution in [-0.2, 0) is 63.7 Å². The number of esters is 5. The SMILES string of the molecule is CC(=O)OC[C@H]1O[C@H](OCc2cn([C@H]3CC[C@@]4(C)[C@H](CC[C@@H]5[C@@H]4CC[C@]4(C)[C@@H](C6=CC(=O)OC6)CC[C@]54O)C3)nn2)[C@@H](OC(C)=O)[C@@H](OC(C)=O)[C@@H]1OC(C)=O. The second kappa shape index (κ2) is 15.5. The zero-order valence-electron chi connectivity index (χ0n) is 33.1. The molecule has 0 spiro atoms. The summed E-state index contributed by atoms with van der Waals surface area (Å²) in [4.78, 5) is 60.1. The Morgan fingerprint density at radius 3 is 2.27 bits per heavy atom. The van der Waals surface area contributed by atoms with Crippen LogP contribution in [0.4, 0.5) is 0 Å². The summed E-state index contributed by atoms with van der Waals surface area (Å²) >= 11 is 0. The molecule has 0 aromatic carbocycles. The number of fused-ring (bicyclic) bond motifs is 5. The summed E-state index contributed by atoms with van der Waals surface area (Å²) in [5.41, 5.74) is 0.576. The van der Waals surface area contributed by atoms with Gasteiger partial charge in [0, 0.05) is 39.2 Å². The average Bonchev–Trinajstić information content (AvgIpc) is 3.85. The van der Waals surface area contributed by atoms with Crippen molar-refractivity contribution in [1.82, 2.24) is 15.0 Å². The number of carbonyl (C=O) groups is 5. The van der Waals surface area contributed by atoms with Gasteiger partial charge in [-0.25, -0.2) is 9.48 Å². The number of hydrogen-bond acceptors (Lipinski definition) is 15. The molecule has 3 heterocycles. The molecule has 308 valence electrons. The summed E-state index contributed by atoms with van der Waals surface area (Å²) in [6.07, 6.45) is 5.58. The summed E-state index contributed by atoms with van der Waals surface area (Å²) in [6.45, 7) is 9.27. The molecule has 1 aromatic rings. The van der Waals surface area contributed by atoms with E-state index in [-0.39, 0.29) is 47.9 Å². The van der Waals surface area contributed by atoms with Crippen LogP contribution in [0.2, 0.25) is 0 Å². The molecule has 7 rings (SSSR count). The molecule has 16 heteroatoms. The van der Waals surface area contributed by atoms with Crippen molar-refractivity contribution in [3.8, 4) is 0 Å². The largest absolute Gasteiger partial charge is 0.463 e. The van der Waals surface area contributed by atoms with Crippen molar-refractivity contribution in [3.63, 3.8) is 0 Å². The first kappa shape index (κ1) is 40.3. The molecule has 6 aliphatic rings. The second-order valence-corrected chi connectivity index (χ2v) is 17.3. The Kier molecular flexibility index (Phi) is 11.1. The van der Waals surface area contributed by atoms with Gasteiger partial charge in [0.15, 0.2) is 24.6 Å². The number of carbonyl (C=O) groups excluding carboxylic acids is 5. The van der Waals surface area contributed by atoms with Gasteiger partial charge in [-0.05, 0) is 92.4 Å². The Balaban J connectivity index is 1.02. The molecule has 56 heavy (non-hydrogen) atoms. The maximum Gasteiger partial charge on any atom is 0.331 e. The zero-order chi connectivity index (χ0) is 40.2. The number of nitrogens with zero attached hydrogens (tertiary/aromatic N) is 3. The lowest BCUT2D eigenvalue weighted by molar-refractivity contribution is -0.310. The first-order valence-corrected chi connectivity index (χ1v) is 19.9. The minimum atomic E-state index is -1.33. The van der Waals surface area contributed by atoms with Crippen molar-refractivity contribution in [2.75, 3.05) is 13.2 Å². The van der Waals surface area contributed by atoms with Crippen molar-refractivity contribution in [1.29, 1.82) is 0 Å². The van der Waals surface area contributed by atoms with Gasteiger partial charge in [-0.15, -0.1) is 5.10 Å². The molecule has 0 bridgehead atoms. The van der Waals surface area contributed by atoms with Gasteiger partial charge in [0.2, 0.25) is 0 Å². The highest BCUT2D eigenvalue weighted by Crippen LogP contribution is 2.70. The summed E-state index contributed by atoms with van der Waals surface area (Å²) < 4.78 is 41.0. The Hall–Kier alpha value is -3.89.